The van der Waals surface area contributed by atoms with Crippen molar-refractivity contribution in [2.45, 2.75) is 26.4 Å². The summed E-state index contributed by atoms with van der Waals surface area (Å²) in [6, 6.07) is 5.67. The fraction of sp³-hybridized carbons (Fsp3) is 0.400. The molecule has 0 fully saturated rings. The molecule has 1 aromatic carbocycles. The van der Waals surface area contributed by atoms with Crippen molar-refractivity contribution >= 4 is 11.6 Å². The van der Waals surface area contributed by atoms with Gasteiger partial charge < -0.3 is 5.11 Å². The van der Waals surface area contributed by atoms with Crippen molar-refractivity contribution < 1.29 is 5.11 Å². The summed E-state index contributed by atoms with van der Waals surface area (Å²) in [4.78, 5) is 0. The molecular weight excluding hydrogens is 172 g/mol. The molecule has 12 heavy (non-hydrogen) atoms. The number of aliphatic hydroxyl groups is 1. The Hall–Kier alpha value is -0.530. The highest BCUT2D eigenvalue weighted by molar-refractivity contribution is 6.32. The fourth-order valence-corrected chi connectivity index (χ4v) is 1.48. The Bertz CT molecular complexity index is 286. The van der Waals surface area contributed by atoms with E-state index in [1.54, 1.807) is 13.8 Å². The van der Waals surface area contributed by atoms with Gasteiger partial charge in [0.25, 0.3) is 0 Å². The molecule has 66 valence electrons. The van der Waals surface area contributed by atoms with Crippen molar-refractivity contribution in [1.29, 1.82) is 0 Å². The smallest absolute Gasteiger partial charge is 0.0854 e. The van der Waals surface area contributed by atoms with Crippen LogP contribution in [0.4, 0.5) is 0 Å². The molecule has 0 bridgehead atoms. The van der Waals surface area contributed by atoms with Gasteiger partial charge in [0.15, 0.2) is 0 Å². The topological polar surface area (TPSA) is 20.2 Å². The zero-order valence-corrected chi connectivity index (χ0v) is 8.31. The third-order valence-corrected chi connectivity index (χ3v) is 2.35. The Kier molecular flexibility index (Phi) is 2.45. The van der Waals surface area contributed by atoms with E-state index >= 15 is 0 Å². The summed E-state index contributed by atoms with van der Waals surface area (Å²) in [5.74, 6) is 0. The average molecular weight is 185 g/mol. The first-order valence-corrected chi connectivity index (χ1v) is 4.28. The first-order valence-electron chi connectivity index (χ1n) is 3.91. The lowest BCUT2D eigenvalue weighted by Gasteiger charge is -2.19. The largest absolute Gasteiger partial charge is 0.386 e. The number of hydrogen-bond donors (Lipinski definition) is 1. The SMILES string of the molecule is Cc1cccc(C(C)(C)O)c1Cl. The second-order valence-corrected chi connectivity index (χ2v) is 3.87. The predicted octanol–water partition coefficient (Wildman–Crippen LogP) is 2.88. The first kappa shape index (κ1) is 9.56. The van der Waals surface area contributed by atoms with E-state index in [-0.39, 0.29) is 0 Å². The molecule has 1 rings (SSSR count). The lowest BCUT2D eigenvalue weighted by Crippen LogP contribution is -2.16. The molecule has 0 unspecified atom stereocenters. The lowest BCUT2D eigenvalue weighted by atomic mass is 9.97. The summed E-state index contributed by atoms with van der Waals surface area (Å²) in [6.45, 7) is 5.39. The standard InChI is InChI=1S/C10H13ClO/c1-7-5-4-6-8(9(7)11)10(2,3)12/h4-6,12H,1-3H3. The summed E-state index contributed by atoms with van der Waals surface area (Å²) in [6.07, 6.45) is 0. The van der Waals surface area contributed by atoms with Crippen LogP contribution in [0.5, 0.6) is 0 Å². The van der Waals surface area contributed by atoms with Gasteiger partial charge in [0, 0.05) is 10.6 Å². The molecule has 0 heterocycles. The summed E-state index contributed by atoms with van der Waals surface area (Å²) in [5, 5.41) is 10.4. The molecule has 0 aliphatic rings. The normalized spacial score (nSPS) is 11.8. The molecule has 1 N–H and O–H groups in total. The van der Waals surface area contributed by atoms with Crippen molar-refractivity contribution in [2.24, 2.45) is 0 Å². The van der Waals surface area contributed by atoms with Gasteiger partial charge in [0.1, 0.15) is 0 Å². The van der Waals surface area contributed by atoms with Crippen molar-refractivity contribution in [2.75, 3.05) is 0 Å². The third-order valence-electron chi connectivity index (χ3n) is 1.85. The Balaban J connectivity index is 3.26. The van der Waals surface area contributed by atoms with Crippen LogP contribution < -0.4 is 0 Å². The average Bonchev–Trinajstić information content (AvgIpc) is 1.92. The zero-order valence-electron chi connectivity index (χ0n) is 7.56. The monoisotopic (exact) mass is 184 g/mol. The minimum absolute atomic E-state index is 0.657. The van der Waals surface area contributed by atoms with Gasteiger partial charge in [-0.1, -0.05) is 29.8 Å². The molecule has 0 saturated carbocycles. The minimum Gasteiger partial charge on any atom is -0.386 e. The maximum absolute atomic E-state index is 9.71. The highest BCUT2D eigenvalue weighted by Crippen LogP contribution is 2.29. The predicted molar refractivity (Wildman–Crippen MR) is 51.4 cm³/mol. The minimum atomic E-state index is -0.858. The molecule has 0 aromatic heterocycles. The molecule has 0 amide bonds. The van der Waals surface area contributed by atoms with Gasteiger partial charge in [0.05, 0.1) is 5.60 Å². The van der Waals surface area contributed by atoms with Crippen LogP contribution in [-0.2, 0) is 5.60 Å². The van der Waals surface area contributed by atoms with Crippen molar-refractivity contribution in [3.63, 3.8) is 0 Å². The quantitative estimate of drug-likeness (QED) is 0.712. The molecule has 0 radical (unpaired) electrons. The van der Waals surface area contributed by atoms with Gasteiger partial charge >= 0.3 is 0 Å². The van der Waals surface area contributed by atoms with Gasteiger partial charge in [-0.3, -0.25) is 0 Å². The lowest BCUT2D eigenvalue weighted by molar-refractivity contribution is 0.0786. The number of benzene rings is 1. The van der Waals surface area contributed by atoms with Crippen LogP contribution in [0.1, 0.15) is 25.0 Å². The van der Waals surface area contributed by atoms with Crippen LogP contribution in [0.3, 0.4) is 0 Å². The molecule has 0 aliphatic carbocycles. The Labute approximate surface area is 78.0 Å². The molecular formula is C10H13ClO. The second-order valence-electron chi connectivity index (χ2n) is 3.50. The number of aryl methyl sites for hydroxylation is 1. The summed E-state index contributed by atoms with van der Waals surface area (Å²) in [5.41, 5.74) is 0.920. The second kappa shape index (κ2) is 3.08. The van der Waals surface area contributed by atoms with E-state index in [9.17, 15) is 5.11 Å². The highest BCUT2D eigenvalue weighted by atomic mass is 35.5. The summed E-state index contributed by atoms with van der Waals surface area (Å²) < 4.78 is 0. The number of halogens is 1. The van der Waals surface area contributed by atoms with E-state index in [1.165, 1.54) is 0 Å². The van der Waals surface area contributed by atoms with Gasteiger partial charge in [0.2, 0.25) is 0 Å². The maximum atomic E-state index is 9.71. The highest BCUT2D eigenvalue weighted by Gasteiger charge is 2.19. The zero-order chi connectivity index (χ0) is 9.35. The van der Waals surface area contributed by atoms with Gasteiger partial charge in [-0.05, 0) is 26.3 Å². The van der Waals surface area contributed by atoms with E-state index < -0.39 is 5.60 Å². The van der Waals surface area contributed by atoms with Crippen molar-refractivity contribution in [3.05, 3.63) is 34.3 Å². The maximum Gasteiger partial charge on any atom is 0.0854 e. The number of hydrogen-bond acceptors (Lipinski definition) is 1. The van der Waals surface area contributed by atoms with Crippen molar-refractivity contribution in [3.8, 4) is 0 Å². The molecule has 1 aromatic rings. The van der Waals surface area contributed by atoms with E-state index in [0.717, 1.165) is 11.1 Å². The molecule has 0 atom stereocenters. The van der Waals surface area contributed by atoms with E-state index in [2.05, 4.69) is 0 Å². The van der Waals surface area contributed by atoms with Crippen molar-refractivity contribution in [1.82, 2.24) is 0 Å². The van der Waals surface area contributed by atoms with E-state index in [0.29, 0.717) is 5.02 Å². The van der Waals surface area contributed by atoms with Crippen LogP contribution in [0.15, 0.2) is 18.2 Å². The van der Waals surface area contributed by atoms with Crippen LogP contribution in [-0.4, -0.2) is 5.11 Å². The molecule has 0 aliphatic heterocycles. The van der Waals surface area contributed by atoms with Gasteiger partial charge in [-0.15, -0.1) is 0 Å². The first-order chi connectivity index (χ1) is 5.43. The molecule has 0 saturated heterocycles. The molecule has 2 heteroatoms. The summed E-state index contributed by atoms with van der Waals surface area (Å²) >= 11 is 6.02. The van der Waals surface area contributed by atoms with Gasteiger partial charge in [-0.25, -0.2) is 0 Å². The molecule has 1 nitrogen and oxygen atoms in total. The van der Waals surface area contributed by atoms with Gasteiger partial charge in [-0.2, -0.15) is 0 Å². The van der Waals surface area contributed by atoms with E-state index in [4.69, 9.17) is 11.6 Å². The number of rotatable bonds is 1. The van der Waals surface area contributed by atoms with Crippen LogP contribution >= 0.6 is 11.6 Å². The Morgan fingerprint density at radius 2 is 1.92 bits per heavy atom. The Morgan fingerprint density at radius 1 is 1.33 bits per heavy atom. The fourth-order valence-electron chi connectivity index (χ4n) is 1.12. The van der Waals surface area contributed by atoms with E-state index in [1.807, 2.05) is 25.1 Å². The molecule has 0 spiro atoms. The Morgan fingerprint density at radius 3 is 2.33 bits per heavy atom. The van der Waals surface area contributed by atoms with Crippen LogP contribution in [0.2, 0.25) is 5.02 Å². The third kappa shape index (κ3) is 1.79. The van der Waals surface area contributed by atoms with Crippen LogP contribution in [0, 0.1) is 6.92 Å². The van der Waals surface area contributed by atoms with Crippen LogP contribution in [0.25, 0.3) is 0 Å². The summed E-state index contributed by atoms with van der Waals surface area (Å²) in [7, 11) is 0.